The SMILES string of the molecule is CO[C@@H](C)c1c(NC2OC2Nc2cc(Cl)cnc2OCCNC(=O)CCOCCN2CCN(c3ccc4c(c3)CN(C3CCC(=O)NC3=O)C4=O)CC2)cnc2ccnn12. The Hall–Kier alpha value is -5.60. The van der Waals surface area contributed by atoms with Crippen molar-refractivity contribution in [1.29, 1.82) is 0 Å². The molecule has 19 nitrogen and oxygen atoms in total. The number of piperazine rings is 1. The first-order chi connectivity index (χ1) is 29.1. The van der Waals surface area contributed by atoms with Crippen LogP contribution in [0.4, 0.5) is 17.1 Å². The van der Waals surface area contributed by atoms with Gasteiger partial charge in [0.1, 0.15) is 18.3 Å². The zero-order valence-corrected chi connectivity index (χ0v) is 34.2. The van der Waals surface area contributed by atoms with Gasteiger partial charge in [0, 0.05) is 82.7 Å². The van der Waals surface area contributed by atoms with E-state index < -0.39 is 18.2 Å². The van der Waals surface area contributed by atoms with Crippen LogP contribution in [0.25, 0.3) is 5.65 Å². The molecule has 3 unspecified atom stereocenters. The molecule has 0 saturated carbocycles. The van der Waals surface area contributed by atoms with Gasteiger partial charge in [-0.25, -0.2) is 14.5 Å². The third-order valence-corrected chi connectivity index (χ3v) is 11.2. The fourth-order valence-electron chi connectivity index (χ4n) is 7.66. The van der Waals surface area contributed by atoms with E-state index in [9.17, 15) is 19.2 Å². The Kier molecular flexibility index (Phi) is 12.6. The molecule has 60 heavy (non-hydrogen) atoms. The summed E-state index contributed by atoms with van der Waals surface area (Å²) in [6, 6.07) is 8.75. The smallest absolute Gasteiger partial charge is 0.255 e. The van der Waals surface area contributed by atoms with Gasteiger partial charge in [0.15, 0.2) is 18.1 Å². The molecule has 0 radical (unpaired) electrons. The lowest BCUT2D eigenvalue weighted by atomic mass is 10.0. The third kappa shape index (κ3) is 9.39. The average Bonchev–Trinajstić information content (AvgIpc) is 3.62. The number of epoxide rings is 1. The Labute approximate surface area is 351 Å². The minimum absolute atomic E-state index is 0.142. The van der Waals surface area contributed by atoms with Gasteiger partial charge < -0.3 is 44.7 Å². The number of halogens is 1. The molecule has 4 N–H and O–H groups in total. The summed E-state index contributed by atoms with van der Waals surface area (Å²) in [4.78, 5) is 64.5. The Morgan fingerprint density at radius 3 is 2.63 bits per heavy atom. The van der Waals surface area contributed by atoms with Crippen LogP contribution in [-0.2, 0) is 35.1 Å². The lowest BCUT2D eigenvalue weighted by molar-refractivity contribution is -0.137. The van der Waals surface area contributed by atoms with Gasteiger partial charge in [-0.05, 0) is 43.2 Å². The lowest BCUT2D eigenvalue weighted by Gasteiger charge is -2.36. The van der Waals surface area contributed by atoms with Crippen molar-refractivity contribution in [3.8, 4) is 5.88 Å². The summed E-state index contributed by atoms with van der Waals surface area (Å²) in [7, 11) is 1.64. The molecule has 3 saturated heterocycles. The van der Waals surface area contributed by atoms with Gasteiger partial charge in [0.05, 0.1) is 54.7 Å². The summed E-state index contributed by atoms with van der Waals surface area (Å²) < 4.78 is 24.8. The number of anilines is 3. The van der Waals surface area contributed by atoms with E-state index in [-0.39, 0.29) is 56.0 Å². The van der Waals surface area contributed by atoms with Crippen molar-refractivity contribution < 1.29 is 38.1 Å². The van der Waals surface area contributed by atoms with Crippen molar-refractivity contribution in [2.24, 2.45) is 0 Å². The Morgan fingerprint density at radius 1 is 1.02 bits per heavy atom. The molecule has 4 atom stereocenters. The minimum atomic E-state index is -0.626. The van der Waals surface area contributed by atoms with E-state index in [1.807, 2.05) is 31.2 Å². The molecule has 4 aliphatic heterocycles. The number of rotatable bonds is 18. The molecule has 4 aromatic rings. The molecular weight excluding hydrogens is 798 g/mol. The number of carbonyl (C=O) groups is 4. The van der Waals surface area contributed by atoms with Crippen molar-refractivity contribution in [2.45, 2.75) is 57.3 Å². The van der Waals surface area contributed by atoms with Gasteiger partial charge in [-0.15, -0.1) is 0 Å². The summed E-state index contributed by atoms with van der Waals surface area (Å²) in [5.74, 6) is -0.697. The largest absolute Gasteiger partial charge is 0.474 e. The third-order valence-electron chi connectivity index (χ3n) is 11.0. The van der Waals surface area contributed by atoms with E-state index in [0.717, 1.165) is 55.4 Å². The van der Waals surface area contributed by atoms with Gasteiger partial charge in [0.2, 0.25) is 23.6 Å². The molecule has 0 spiro atoms. The first-order valence-electron chi connectivity index (χ1n) is 20.1. The maximum absolute atomic E-state index is 13.1. The highest BCUT2D eigenvalue weighted by atomic mass is 35.5. The van der Waals surface area contributed by atoms with Crippen molar-refractivity contribution in [1.82, 2.24) is 40.0 Å². The van der Waals surface area contributed by atoms with Crippen LogP contribution in [0.2, 0.25) is 5.02 Å². The summed E-state index contributed by atoms with van der Waals surface area (Å²) in [6.07, 6.45) is 4.68. The molecular formula is C40H48ClN11O8. The van der Waals surface area contributed by atoms with E-state index in [1.165, 1.54) is 6.20 Å². The highest BCUT2D eigenvalue weighted by molar-refractivity contribution is 6.30. The predicted octanol–water partition coefficient (Wildman–Crippen LogP) is 2.18. The van der Waals surface area contributed by atoms with Crippen molar-refractivity contribution >= 4 is 57.9 Å². The van der Waals surface area contributed by atoms with Crippen LogP contribution in [0.15, 0.2) is 48.9 Å². The Morgan fingerprint density at radius 2 is 1.83 bits per heavy atom. The van der Waals surface area contributed by atoms with Crippen LogP contribution < -0.4 is 30.9 Å². The number of nitrogens with one attached hydrogen (secondary N) is 4. The van der Waals surface area contributed by atoms with Crippen molar-refractivity contribution in [3.05, 3.63) is 70.8 Å². The highest BCUT2D eigenvalue weighted by Crippen LogP contribution is 2.34. The number of methoxy groups -OCH3 is 1. The zero-order valence-electron chi connectivity index (χ0n) is 33.4. The van der Waals surface area contributed by atoms with E-state index in [4.69, 9.17) is 30.5 Å². The normalized spacial score (nSPS) is 20.9. The quantitative estimate of drug-likeness (QED) is 0.0643. The van der Waals surface area contributed by atoms with Gasteiger partial charge in [0.25, 0.3) is 5.91 Å². The first-order valence-corrected chi connectivity index (χ1v) is 20.4. The van der Waals surface area contributed by atoms with E-state index in [0.29, 0.717) is 54.0 Å². The van der Waals surface area contributed by atoms with Gasteiger partial charge in [-0.2, -0.15) is 5.10 Å². The molecule has 4 aliphatic rings. The van der Waals surface area contributed by atoms with Gasteiger partial charge >= 0.3 is 0 Å². The van der Waals surface area contributed by atoms with Crippen LogP contribution >= 0.6 is 11.6 Å². The van der Waals surface area contributed by atoms with Crippen LogP contribution in [-0.4, -0.2) is 138 Å². The fourth-order valence-corrected chi connectivity index (χ4v) is 7.82. The van der Waals surface area contributed by atoms with E-state index >= 15 is 0 Å². The molecule has 7 heterocycles. The second-order valence-corrected chi connectivity index (χ2v) is 15.4. The molecule has 8 rings (SSSR count). The lowest BCUT2D eigenvalue weighted by Crippen LogP contribution is -2.52. The fraction of sp³-hybridized carbons (Fsp3) is 0.475. The molecule has 4 amide bonds. The van der Waals surface area contributed by atoms with Crippen LogP contribution in [0.5, 0.6) is 5.88 Å². The molecule has 0 bridgehead atoms. The summed E-state index contributed by atoms with van der Waals surface area (Å²) >= 11 is 6.25. The van der Waals surface area contributed by atoms with Crippen molar-refractivity contribution in [3.63, 3.8) is 0 Å². The van der Waals surface area contributed by atoms with Crippen LogP contribution in [0.1, 0.15) is 53.9 Å². The number of fused-ring (bicyclic) bond motifs is 2. The molecule has 3 fully saturated rings. The van der Waals surface area contributed by atoms with Crippen LogP contribution in [0.3, 0.4) is 0 Å². The average molecular weight is 846 g/mol. The minimum Gasteiger partial charge on any atom is -0.474 e. The molecule has 20 heteroatoms. The maximum atomic E-state index is 13.1. The van der Waals surface area contributed by atoms with Crippen LogP contribution in [0, 0.1) is 0 Å². The monoisotopic (exact) mass is 845 g/mol. The molecule has 0 aliphatic carbocycles. The number of carbonyl (C=O) groups excluding carboxylic acids is 4. The first kappa shape index (κ1) is 41.1. The van der Waals surface area contributed by atoms with Gasteiger partial charge in [-0.3, -0.25) is 29.4 Å². The molecule has 3 aromatic heterocycles. The summed E-state index contributed by atoms with van der Waals surface area (Å²) in [5.41, 5.74) is 5.34. The Balaban J connectivity index is 0.703. The number of piperidine rings is 1. The number of imide groups is 1. The summed E-state index contributed by atoms with van der Waals surface area (Å²) in [6.45, 7) is 7.66. The van der Waals surface area contributed by atoms with Gasteiger partial charge in [-0.1, -0.05) is 11.6 Å². The zero-order chi connectivity index (χ0) is 41.8. The number of nitrogens with zero attached hydrogens (tertiary/aromatic N) is 7. The number of hydrogen-bond donors (Lipinski definition) is 4. The second kappa shape index (κ2) is 18.3. The predicted molar refractivity (Wildman–Crippen MR) is 219 cm³/mol. The number of amides is 4. The standard InChI is InChI=1S/C40H48ClN11O8/c1-24(57-2)35-30(22-43-32-7-9-45-52(32)35)47-39-38(60-39)46-29-20-26(41)21-44-37(29)59-17-10-42-33(53)8-16-58-18-15-49-11-13-50(14-12-49)27-3-4-28-25(19-27)23-51(40(28)56)31-5-6-34(54)48-36(31)55/h3-4,7,9,19-22,24,31,38-39,46-47H,5-6,8,10-18,23H2,1-2H3,(H,42,53)(H,48,54,55)/t24-,31?,38?,39?/m0/s1. The molecule has 318 valence electrons. The Bertz CT molecular complexity index is 2230. The van der Waals surface area contributed by atoms with E-state index in [2.05, 4.69) is 46.1 Å². The topological polar surface area (TPSA) is 209 Å². The number of aromatic nitrogens is 4. The number of pyridine rings is 1. The highest BCUT2D eigenvalue weighted by Gasteiger charge is 2.41. The number of benzene rings is 1. The number of hydrogen-bond acceptors (Lipinski definition) is 15. The number of ether oxygens (including phenoxy) is 4. The maximum Gasteiger partial charge on any atom is 0.255 e. The second-order valence-electron chi connectivity index (χ2n) is 14.9. The van der Waals surface area contributed by atoms with E-state index in [1.54, 1.807) is 35.0 Å². The summed E-state index contributed by atoms with van der Waals surface area (Å²) in [5, 5.41) is 16.6. The van der Waals surface area contributed by atoms with Crippen molar-refractivity contribution in [2.75, 3.05) is 81.7 Å². The molecule has 1 aromatic carbocycles.